The molecule has 1 aromatic carbocycles. The molecule has 0 saturated carbocycles. The van der Waals surface area contributed by atoms with Crippen LogP contribution in [0, 0.1) is 6.92 Å². The van der Waals surface area contributed by atoms with E-state index >= 15 is 0 Å². The Bertz CT molecular complexity index is 532. The predicted octanol–water partition coefficient (Wildman–Crippen LogP) is 1.94. The van der Waals surface area contributed by atoms with Gasteiger partial charge in [0.2, 0.25) is 10.0 Å². The first kappa shape index (κ1) is 16.2. The molecule has 0 radical (unpaired) electrons. The van der Waals surface area contributed by atoms with Crippen molar-refractivity contribution in [1.29, 1.82) is 0 Å². The van der Waals surface area contributed by atoms with Crippen LogP contribution in [0.2, 0.25) is 5.02 Å². The highest BCUT2D eigenvalue weighted by atomic mass is 35.5. The molecule has 0 aliphatic rings. The highest BCUT2D eigenvalue weighted by molar-refractivity contribution is 7.89. The predicted molar refractivity (Wildman–Crippen MR) is 76.9 cm³/mol. The van der Waals surface area contributed by atoms with Crippen molar-refractivity contribution in [2.45, 2.75) is 25.2 Å². The number of anilines is 1. The van der Waals surface area contributed by atoms with Gasteiger partial charge < -0.3 is 10.5 Å². The molecule has 0 aliphatic carbocycles. The van der Waals surface area contributed by atoms with Crippen LogP contribution in [0.3, 0.4) is 0 Å². The van der Waals surface area contributed by atoms with Gasteiger partial charge in [0.1, 0.15) is 0 Å². The molecule has 0 aromatic heterocycles. The SMILES string of the molecule is CCOCCCNS(=O)(=O)c1cc(N)c(Cl)cc1C. The van der Waals surface area contributed by atoms with Gasteiger partial charge in [0.05, 0.1) is 15.6 Å². The number of ether oxygens (including phenoxy) is 1. The summed E-state index contributed by atoms with van der Waals surface area (Å²) in [6.45, 7) is 5.05. The molecule has 19 heavy (non-hydrogen) atoms. The zero-order valence-electron chi connectivity index (χ0n) is 11.1. The van der Waals surface area contributed by atoms with Crippen LogP contribution in [0.5, 0.6) is 0 Å². The Morgan fingerprint density at radius 2 is 2.11 bits per heavy atom. The van der Waals surface area contributed by atoms with Gasteiger partial charge in [-0.05, 0) is 38.0 Å². The van der Waals surface area contributed by atoms with Crippen LogP contribution < -0.4 is 10.5 Å². The van der Waals surface area contributed by atoms with E-state index in [2.05, 4.69) is 4.72 Å². The second-order valence-electron chi connectivity index (χ2n) is 4.09. The van der Waals surface area contributed by atoms with Gasteiger partial charge >= 0.3 is 0 Å². The summed E-state index contributed by atoms with van der Waals surface area (Å²) in [5.41, 5.74) is 6.45. The van der Waals surface area contributed by atoms with E-state index in [0.29, 0.717) is 36.8 Å². The van der Waals surface area contributed by atoms with Gasteiger partial charge in [-0.3, -0.25) is 0 Å². The van der Waals surface area contributed by atoms with E-state index < -0.39 is 10.0 Å². The number of nitrogens with two attached hydrogens (primary N) is 1. The molecule has 0 heterocycles. The molecule has 0 saturated heterocycles. The van der Waals surface area contributed by atoms with Gasteiger partial charge in [0.15, 0.2) is 0 Å². The van der Waals surface area contributed by atoms with E-state index in [0.717, 1.165) is 0 Å². The number of aryl methyl sites for hydroxylation is 1. The maximum atomic E-state index is 12.1. The van der Waals surface area contributed by atoms with Crippen LogP contribution in [-0.4, -0.2) is 28.2 Å². The number of hydrogen-bond acceptors (Lipinski definition) is 4. The lowest BCUT2D eigenvalue weighted by Crippen LogP contribution is -2.26. The number of hydrogen-bond donors (Lipinski definition) is 2. The van der Waals surface area contributed by atoms with Crippen LogP contribution in [0.15, 0.2) is 17.0 Å². The Balaban J connectivity index is 2.75. The molecule has 0 spiro atoms. The molecule has 1 rings (SSSR count). The molecule has 7 heteroatoms. The lowest BCUT2D eigenvalue weighted by atomic mass is 10.2. The van der Waals surface area contributed by atoms with E-state index in [1.54, 1.807) is 13.0 Å². The maximum Gasteiger partial charge on any atom is 0.240 e. The number of rotatable bonds is 7. The standard InChI is InChI=1S/C12H19ClN2O3S/c1-3-18-6-4-5-15-19(16,17)12-8-11(14)10(13)7-9(12)2/h7-8,15H,3-6,14H2,1-2H3. The molecule has 0 amide bonds. The molecule has 1 aromatic rings. The number of halogens is 1. The van der Waals surface area contributed by atoms with Crippen molar-refractivity contribution in [2.75, 3.05) is 25.5 Å². The summed E-state index contributed by atoms with van der Waals surface area (Å²) in [7, 11) is -3.56. The zero-order chi connectivity index (χ0) is 14.5. The van der Waals surface area contributed by atoms with Gasteiger partial charge in [-0.15, -0.1) is 0 Å². The summed E-state index contributed by atoms with van der Waals surface area (Å²) >= 11 is 5.84. The molecule has 5 nitrogen and oxygen atoms in total. The minimum Gasteiger partial charge on any atom is -0.397 e. The second-order valence-corrected chi connectivity index (χ2v) is 6.23. The van der Waals surface area contributed by atoms with Crippen molar-refractivity contribution in [1.82, 2.24) is 4.72 Å². The van der Waals surface area contributed by atoms with E-state index in [1.165, 1.54) is 6.07 Å². The van der Waals surface area contributed by atoms with Crippen LogP contribution in [0.1, 0.15) is 18.9 Å². The van der Waals surface area contributed by atoms with Crippen LogP contribution >= 0.6 is 11.6 Å². The third kappa shape index (κ3) is 4.65. The second kappa shape index (κ2) is 7.09. The summed E-state index contributed by atoms with van der Waals surface area (Å²) in [5, 5.41) is 0.354. The van der Waals surface area contributed by atoms with Crippen molar-refractivity contribution in [3.05, 3.63) is 22.7 Å². The lowest BCUT2D eigenvalue weighted by Gasteiger charge is -2.11. The van der Waals surface area contributed by atoms with Crippen molar-refractivity contribution in [2.24, 2.45) is 0 Å². The van der Waals surface area contributed by atoms with Gasteiger partial charge in [0, 0.05) is 19.8 Å². The number of nitrogen functional groups attached to an aromatic ring is 1. The summed E-state index contributed by atoms with van der Waals surface area (Å²) in [5.74, 6) is 0. The first-order valence-corrected chi connectivity index (χ1v) is 7.87. The first-order chi connectivity index (χ1) is 8.88. The fourth-order valence-electron chi connectivity index (χ4n) is 1.56. The molecular formula is C12H19ClN2O3S. The molecule has 0 aliphatic heterocycles. The third-order valence-electron chi connectivity index (χ3n) is 2.55. The third-order valence-corrected chi connectivity index (χ3v) is 4.48. The van der Waals surface area contributed by atoms with E-state index in [4.69, 9.17) is 22.1 Å². The van der Waals surface area contributed by atoms with Gasteiger partial charge in [-0.2, -0.15) is 0 Å². The monoisotopic (exact) mass is 306 g/mol. The Labute approximate surface area is 119 Å². The fourth-order valence-corrected chi connectivity index (χ4v) is 3.11. The van der Waals surface area contributed by atoms with Gasteiger partial charge in [-0.25, -0.2) is 13.1 Å². The zero-order valence-corrected chi connectivity index (χ0v) is 12.6. The normalized spacial score (nSPS) is 11.7. The number of sulfonamides is 1. The number of benzene rings is 1. The Morgan fingerprint density at radius 3 is 2.74 bits per heavy atom. The van der Waals surface area contributed by atoms with Crippen LogP contribution in [0.25, 0.3) is 0 Å². The molecular weight excluding hydrogens is 288 g/mol. The summed E-state index contributed by atoms with van der Waals surface area (Å²) in [6.07, 6.45) is 0.620. The van der Waals surface area contributed by atoms with Gasteiger partial charge in [0.25, 0.3) is 0 Å². The molecule has 108 valence electrons. The molecule has 3 N–H and O–H groups in total. The minimum absolute atomic E-state index is 0.158. The average molecular weight is 307 g/mol. The molecule has 0 fully saturated rings. The molecule has 0 atom stereocenters. The fraction of sp³-hybridized carbons (Fsp3) is 0.500. The quantitative estimate of drug-likeness (QED) is 0.596. The van der Waals surface area contributed by atoms with E-state index in [9.17, 15) is 8.42 Å². The summed E-state index contributed by atoms with van der Waals surface area (Å²) in [6, 6.07) is 2.92. The summed E-state index contributed by atoms with van der Waals surface area (Å²) in [4.78, 5) is 0.158. The average Bonchev–Trinajstić information content (AvgIpc) is 2.33. The Kier molecular flexibility index (Phi) is 6.06. The van der Waals surface area contributed by atoms with E-state index in [-0.39, 0.29) is 10.6 Å². The largest absolute Gasteiger partial charge is 0.397 e. The van der Waals surface area contributed by atoms with Crippen LogP contribution in [0.4, 0.5) is 5.69 Å². The highest BCUT2D eigenvalue weighted by Gasteiger charge is 2.17. The smallest absolute Gasteiger partial charge is 0.240 e. The maximum absolute atomic E-state index is 12.1. The van der Waals surface area contributed by atoms with Crippen LogP contribution in [-0.2, 0) is 14.8 Å². The van der Waals surface area contributed by atoms with Gasteiger partial charge in [-0.1, -0.05) is 11.6 Å². The lowest BCUT2D eigenvalue weighted by molar-refractivity contribution is 0.146. The van der Waals surface area contributed by atoms with Crippen molar-refractivity contribution in [3.63, 3.8) is 0 Å². The van der Waals surface area contributed by atoms with E-state index in [1.807, 2.05) is 6.92 Å². The Hall–Kier alpha value is -0.820. The van der Waals surface area contributed by atoms with Crippen molar-refractivity contribution >= 4 is 27.3 Å². The highest BCUT2D eigenvalue weighted by Crippen LogP contribution is 2.25. The van der Waals surface area contributed by atoms with Crippen molar-refractivity contribution in [3.8, 4) is 0 Å². The molecule has 0 bridgehead atoms. The first-order valence-electron chi connectivity index (χ1n) is 6.01. The summed E-state index contributed by atoms with van der Waals surface area (Å²) < 4.78 is 31.9. The topological polar surface area (TPSA) is 81.4 Å². The minimum atomic E-state index is -3.56. The molecule has 0 unspecified atom stereocenters. The Morgan fingerprint density at radius 1 is 1.42 bits per heavy atom. The van der Waals surface area contributed by atoms with Crippen molar-refractivity contribution < 1.29 is 13.2 Å². The number of nitrogens with one attached hydrogen (secondary N) is 1.